The highest BCUT2D eigenvalue weighted by Crippen LogP contribution is 2.55. The van der Waals surface area contributed by atoms with Gasteiger partial charge < -0.3 is 19.9 Å². The predicted molar refractivity (Wildman–Crippen MR) is 161 cm³/mol. The highest BCUT2D eigenvalue weighted by Gasteiger charge is 2.59. The molecule has 0 radical (unpaired) electrons. The highest BCUT2D eigenvalue weighted by molar-refractivity contribution is 5.94. The van der Waals surface area contributed by atoms with Gasteiger partial charge in [0, 0.05) is 44.1 Å². The lowest BCUT2D eigenvalue weighted by Crippen LogP contribution is -2.56. The van der Waals surface area contributed by atoms with Gasteiger partial charge in [-0.05, 0) is 73.2 Å². The molecule has 7 nitrogen and oxygen atoms in total. The zero-order chi connectivity index (χ0) is 31.9. The number of hydrogen-bond acceptors (Lipinski definition) is 5. The number of rotatable bonds is 9. The number of nitrogens with zero attached hydrogens (tertiary/aromatic N) is 4. The Morgan fingerprint density at radius 2 is 1.84 bits per heavy atom. The molecule has 3 heterocycles. The van der Waals surface area contributed by atoms with Gasteiger partial charge in [0.15, 0.2) is 0 Å². The van der Waals surface area contributed by atoms with Crippen LogP contribution >= 0.6 is 0 Å². The van der Waals surface area contributed by atoms with Gasteiger partial charge in [0.05, 0.1) is 16.9 Å². The number of nitrogens with one attached hydrogen (secondary N) is 1. The molecule has 0 bridgehead atoms. The van der Waals surface area contributed by atoms with Crippen LogP contribution in [-0.4, -0.2) is 46.8 Å². The second kappa shape index (κ2) is 11.9. The Bertz CT molecular complexity index is 1710. The van der Waals surface area contributed by atoms with E-state index in [1.54, 1.807) is 28.7 Å². The van der Waals surface area contributed by atoms with Gasteiger partial charge in [0.2, 0.25) is 0 Å². The minimum atomic E-state index is -4.75. The van der Waals surface area contributed by atoms with Crippen molar-refractivity contribution < 1.29 is 31.5 Å². The summed E-state index contributed by atoms with van der Waals surface area (Å²) in [5.41, 5.74) is 2.84. The second-order valence-electron chi connectivity index (χ2n) is 11.7. The van der Waals surface area contributed by atoms with E-state index in [9.17, 15) is 22.4 Å². The maximum absolute atomic E-state index is 15.6. The van der Waals surface area contributed by atoms with E-state index in [1.165, 1.54) is 36.5 Å². The molecule has 12 heteroatoms. The Kier molecular flexibility index (Phi) is 8.09. The normalized spacial score (nSPS) is 19.8. The van der Waals surface area contributed by atoms with E-state index >= 15 is 4.39 Å². The molecule has 6 rings (SSSR count). The Labute approximate surface area is 257 Å². The molecule has 1 saturated carbocycles. The molecule has 2 aromatic heterocycles. The molecule has 1 aliphatic carbocycles. The number of aryl methyl sites for hydroxylation is 1. The first-order valence-electron chi connectivity index (χ1n) is 15.1. The third-order valence-electron chi connectivity index (χ3n) is 8.83. The summed E-state index contributed by atoms with van der Waals surface area (Å²) in [6.45, 7) is 5.78. The Morgan fingerprint density at radius 3 is 2.53 bits per heavy atom. The van der Waals surface area contributed by atoms with Crippen LogP contribution in [0, 0.1) is 17.6 Å². The van der Waals surface area contributed by atoms with Crippen molar-refractivity contribution in [1.82, 2.24) is 14.7 Å². The Hall–Kier alpha value is -4.35. The lowest BCUT2D eigenvalue weighted by Gasteiger charge is -2.45. The molecule has 2 fully saturated rings. The molecule has 1 amide bonds. The van der Waals surface area contributed by atoms with Crippen molar-refractivity contribution in [2.75, 3.05) is 29.4 Å². The van der Waals surface area contributed by atoms with Crippen molar-refractivity contribution in [3.05, 3.63) is 89.4 Å². The van der Waals surface area contributed by atoms with Crippen LogP contribution in [-0.2, 0) is 13.0 Å². The van der Waals surface area contributed by atoms with Gasteiger partial charge in [-0.2, -0.15) is 0 Å². The molecular weight excluding hydrogens is 593 g/mol. The fourth-order valence-corrected chi connectivity index (χ4v) is 6.71. The standard InChI is InChI=1S/C33H34F5N5O2/c1-3-5-22-18-32(22)20-41(14-15-43(32)24-7-9-25(10-8-24)45-33(36,37)38)28-11-6-21(16-26(28)35)19-39-31(44)30-27(4-2)40-29-17-23(34)12-13-42(29)30/h6-13,16-17,22H,3-5,14-15,18-20H2,1-2H3,(H,39,44)/t22-,32?/m0/s1. The largest absolute Gasteiger partial charge is 0.573 e. The monoisotopic (exact) mass is 627 g/mol. The number of carbonyl (C=O) groups excluding carboxylic acids is 1. The molecule has 1 N–H and O–H groups in total. The van der Waals surface area contributed by atoms with Crippen molar-refractivity contribution in [3.8, 4) is 5.75 Å². The Morgan fingerprint density at radius 1 is 1.07 bits per heavy atom. The summed E-state index contributed by atoms with van der Waals surface area (Å²) in [5.74, 6) is -1.11. The van der Waals surface area contributed by atoms with Crippen molar-refractivity contribution >= 4 is 22.9 Å². The van der Waals surface area contributed by atoms with E-state index in [1.807, 2.05) is 11.8 Å². The smallest absolute Gasteiger partial charge is 0.406 e. The number of amides is 1. The lowest BCUT2D eigenvalue weighted by molar-refractivity contribution is -0.274. The summed E-state index contributed by atoms with van der Waals surface area (Å²) in [7, 11) is 0. The van der Waals surface area contributed by atoms with Gasteiger partial charge in [0.1, 0.15) is 28.7 Å². The van der Waals surface area contributed by atoms with Crippen molar-refractivity contribution in [2.45, 2.75) is 58.0 Å². The molecule has 2 aliphatic rings. The lowest BCUT2D eigenvalue weighted by atomic mass is 10.0. The van der Waals surface area contributed by atoms with Gasteiger partial charge in [0.25, 0.3) is 5.91 Å². The number of anilines is 2. The zero-order valence-electron chi connectivity index (χ0n) is 25.0. The van der Waals surface area contributed by atoms with Crippen LogP contribution in [0.5, 0.6) is 5.75 Å². The van der Waals surface area contributed by atoms with E-state index in [2.05, 4.69) is 26.9 Å². The minimum absolute atomic E-state index is 0.0952. The summed E-state index contributed by atoms with van der Waals surface area (Å²) < 4.78 is 72.8. The van der Waals surface area contributed by atoms with Crippen LogP contribution in [0.15, 0.2) is 60.8 Å². The second-order valence-corrected chi connectivity index (χ2v) is 11.7. The van der Waals surface area contributed by atoms with Crippen LogP contribution < -0.4 is 19.9 Å². The molecule has 1 aliphatic heterocycles. The van der Waals surface area contributed by atoms with E-state index in [0.717, 1.165) is 24.9 Å². The van der Waals surface area contributed by atoms with Crippen LogP contribution in [0.2, 0.25) is 0 Å². The molecule has 2 aromatic carbocycles. The fraction of sp³-hybridized carbons (Fsp3) is 0.394. The van der Waals surface area contributed by atoms with E-state index < -0.39 is 18.0 Å². The molecule has 4 aromatic rings. The summed E-state index contributed by atoms with van der Waals surface area (Å²) >= 11 is 0. The van der Waals surface area contributed by atoms with Crippen LogP contribution in [0.4, 0.5) is 33.3 Å². The number of ether oxygens (including phenoxy) is 1. The summed E-state index contributed by atoms with van der Waals surface area (Å²) in [6, 6.07) is 13.4. The maximum atomic E-state index is 15.6. The number of aromatic nitrogens is 2. The van der Waals surface area contributed by atoms with Gasteiger partial charge in [-0.3, -0.25) is 9.20 Å². The van der Waals surface area contributed by atoms with Gasteiger partial charge in [-0.1, -0.05) is 26.3 Å². The van der Waals surface area contributed by atoms with Crippen molar-refractivity contribution in [2.24, 2.45) is 5.92 Å². The molecule has 1 spiro atoms. The highest BCUT2D eigenvalue weighted by atomic mass is 19.4. The summed E-state index contributed by atoms with van der Waals surface area (Å²) in [5, 5.41) is 2.84. The first kappa shape index (κ1) is 30.7. The maximum Gasteiger partial charge on any atom is 0.573 e. The number of pyridine rings is 1. The molecule has 238 valence electrons. The number of carbonyl (C=O) groups is 1. The number of hydrogen-bond donors (Lipinski definition) is 1. The summed E-state index contributed by atoms with van der Waals surface area (Å²) in [4.78, 5) is 21.8. The topological polar surface area (TPSA) is 62.1 Å². The number of benzene rings is 2. The molecular formula is C33H34F5N5O2. The van der Waals surface area contributed by atoms with Crippen molar-refractivity contribution in [1.29, 1.82) is 0 Å². The number of alkyl halides is 3. The Balaban J connectivity index is 1.15. The first-order valence-corrected chi connectivity index (χ1v) is 15.1. The van der Waals surface area contributed by atoms with E-state index in [-0.39, 0.29) is 23.7 Å². The van der Waals surface area contributed by atoms with Gasteiger partial charge in [-0.15, -0.1) is 13.2 Å². The zero-order valence-corrected chi connectivity index (χ0v) is 25.0. The van der Waals surface area contributed by atoms with Crippen LogP contribution in [0.1, 0.15) is 54.9 Å². The van der Waals surface area contributed by atoms with Gasteiger partial charge >= 0.3 is 6.36 Å². The van der Waals surface area contributed by atoms with Crippen LogP contribution in [0.3, 0.4) is 0 Å². The molecule has 2 atom stereocenters. The van der Waals surface area contributed by atoms with Gasteiger partial charge in [-0.25, -0.2) is 13.8 Å². The average Bonchev–Trinajstić information content (AvgIpc) is 3.52. The summed E-state index contributed by atoms with van der Waals surface area (Å²) in [6.07, 6.45) is 0.119. The number of halogens is 5. The number of piperazine rings is 1. The van der Waals surface area contributed by atoms with E-state index in [0.29, 0.717) is 60.3 Å². The fourth-order valence-electron chi connectivity index (χ4n) is 6.71. The predicted octanol–water partition coefficient (Wildman–Crippen LogP) is 6.89. The minimum Gasteiger partial charge on any atom is -0.406 e. The molecule has 45 heavy (non-hydrogen) atoms. The SMILES string of the molecule is CCC[C@H]1CC12CN(c1ccc(CNC(=O)c3c(CC)nc4cc(F)ccn34)cc1F)CCN2c1ccc(OC(F)(F)F)cc1. The number of imidazole rings is 1. The third-order valence-corrected chi connectivity index (χ3v) is 8.83. The quantitative estimate of drug-likeness (QED) is 0.205. The third kappa shape index (κ3) is 6.14. The van der Waals surface area contributed by atoms with Crippen LogP contribution in [0.25, 0.3) is 5.65 Å². The molecule has 1 saturated heterocycles. The molecule has 1 unspecified atom stereocenters. The van der Waals surface area contributed by atoms with Crippen molar-refractivity contribution in [3.63, 3.8) is 0 Å². The van der Waals surface area contributed by atoms with E-state index in [4.69, 9.17) is 0 Å². The average molecular weight is 628 g/mol. The first-order chi connectivity index (χ1) is 21.5. The number of fused-ring (bicyclic) bond motifs is 1.